The average molecular weight is 350 g/mol. The molecule has 4 rings (SSSR count). The number of halogens is 1. The standard InChI is InChI=1S/C19H12BrNO/c20-15-4-1-5-16(11-15)22-17-9-8-13-6-7-14-3-2-10-21-19(14)18(13)12-17/h1-12H. The van der Waals surface area contributed by atoms with Crippen LogP contribution in [0.2, 0.25) is 0 Å². The molecule has 0 bridgehead atoms. The Labute approximate surface area is 136 Å². The third kappa shape index (κ3) is 2.44. The van der Waals surface area contributed by atoms with Gasteiger partial charge in [-0.2, -0.15) is 0 Å². The molecule has 0 aliphatic heterocycles. The highest BCUT2D eigenvalue weighted by Gasteiger charge is 2.04. The predicted molar refractivity (Wildman–Crippen MR) is 93.5 cm³/mol. The maximum atomic E-state index is 5.96. The van der Waals surface area contributed by atoms with Crippen molar-refractivity contribution in [3.8, 4) is 11.5 Å². The second-order valence-electron chi connectivity index (χ2n) is 5.08. The summed E-state index contributed by atoms with van der Waals surface area (Å²) < 4.78 is 6.96. The summed E-state index contributed by atoms with van der Waals surface area (Å²) in [6.45, 7) is 0. The fourth-order valence-corrected chi connectivity index (χ4v) is 2.95. The van der Waals surface area contributed by atoms with E-state index in [4.69, 9.17) is 4.74 Å². The Morgan fingerprint density at radius 1 is 0.773 bits per heavy atom. The van der Waals surface area contributed by atoms with Gasteiger partial charge < -0.3 is 4.74 Å². The van der Waals surface area contributed by atoms with Crippen molar-refractivity contribution in [1.82, 2.24) is 4.98 Å². The quantitative estimate of drug-likeness (QED) is 0.417. The van der Waals surface area contributed by atoms with Crippen molar-refractivity contribution >= 4 is 37.6 Å². The van der Waals surface area contributed by atoms with Gasteiger partial charge in [-0.15, -0.1) is 0 Å². The minimum Gasteiger partial charge on any atom is -0.457 e. The van der Waals surface area contributed by atoms with E-state index >= 15 is 0 Å². The number of hydrogen-bond donors (Lipinski definition) is 0. The fraction of sp³-hybridized carbons (Fsp3) is 0. The van der Waals surface area contributed by atoms with Crippen molar-refractivity contribution < 1.29 is 4.74 Å². The SMILES string of the molecule is Brc1cccc(Oc2ccc3ccc4cccnc4c3c2)c1. The molecule has 0 spiro atoms. The van der Waals surface area contributed by atoms with E-state index in [0.717, 1.165) is 37.6 Å². The summed E-state index contributed by atoms with van der Waals surface area (Å²) in [4.78, 5) is 4.51. The number of benzene rings is 3. The van der Waals surface area contributed by atoms with Crippen molar-refractivity contribution in [1.29, 1.82) is 0 Å². The molecule has 22 heavy (non-hydrogen) atoms. The van der Waals surface area contributed by atoms with E-state index in [2.05, 4.69) is 45.2 Å². The van der Waals surface area contributed by atoms with Crippen LogP contribution in [0.5, 0.6) is 11.5 Å². The topological polar surface area (TPSA) is 22.1 Å². The van der Waals surface area contributed by atoms with Gasteiger partial charge in [0.1, 0.15) is 11.5 Å². The average Bonchev–Trinajstić information content (AvgIpc) is 2.55. The van der Waals surface area contributed by atoms with Crippen LogP contribution in [-0.4, -0.2) is 4.98 Å². The maximum Gasteiger partial charge on any atom is 0.128 e. The first-order valence-corrected chi connectivity index (χ1v) is 7.80. The van der Waals surface area contributed by atoms with Gasteiger partial charge in [0.2, 0.25) is 0 Å². The summed E-state index contributed by atoms with van der Waals surface area (Å²) in [5, 5.41) is 3.40. The van der Waals surface area contributed by atoms with Gasteiger partial charge in [-0.1, -0.05) is 46.3 Å². The van der Waals surface area contributed by atoms with Gasteiger partial charge in [0, 0.05) is 21.4 Å². The van der Waals surface area contributed by atoms with Crippen LogP contribution < -0.4 is 4.74 Å². The first-order chi connectivity index (χ1) is 10.8. The normalized spacial score (nSPS) is 11.0. The molecule has 0 saturated carbocycles. The highest BCUT2D eigenvalue weighted by molar-refractivity contribution is 9.10. The van der Waals surface area contributed by atoms with E-state index < -0.39 is 0 Å². The molecule has 1 aromatic heterocycles. The molecule has 3 heteroatoms. The second-order valence-corrected chi connectivity index (χ2v) is 6.00. The molecule has 0 amide bonds. The minimum atomic E-state index is 0.807. The Balaban J connectivity index is 1.84. The minimum absolute atomic E-state index is 0.807. The van der Waals surface area contributed by atoms with E-state index in [1.54, 1.807) is 0 Å². The molecule has 0 N–H and O–H groups in total. The number of pyridine rings is 1. The lowest BCUT2D eigenvalue weighted by Gasteiger charge is -2.08. The van der Waals surface area contributed by atoms with Crippen molar-refractivity contribution in [3.63, 3.8) is 0 Å². The Hall–Kier alpha value is -2.39. The van der Waals surface area contributed by atoms with Gasteiger partial charge in [0.05, 0.1) is 5.52 Å². The zero-order valence-corrected chi connectivity index (χ0v) is 13.2. The summed E-state index contributed by atoms with van der Waals surface area (Å²) in [5.41, 5.74) is 1.000. The van der Waals surface area contributed by atoms with Crippen molar-refractivity contribution in [2.24, 2.45) is 0 Å². The molecule has 0 aliphatic rings. The van der Waals surface area contributed by atoms with E-state index in [0.29, 0.717) is 0 Å². The third-order valence-electron chi connectivity index (χ3n) is 3.59. The molecule has 1 heterocycles. The Kier molecular flexibility index (Phi) is 3.28. The lowest BCUT2D eigenvalue weighted by atomic mass is 10.1. The van der Waals surface area contributed by atoms with Crippen molar-refractivity contribution in [3.05, 3.63) is 77.4 Å². The smallest absolute Gasteiger partial charge is 0.128 e. The molecule has 0 fully saturated rings. The Bertz CT molecular complexity index is 981. The maximum absolute atomic E-state index is 5.96. The number of hydrogen-bond acceptors (Lipinski definition) is 2. The zero-order valence-electron chi connectivity index (χ0n) is 11.7. The van der Waals surface area contributed by atoms with Gasteiger partial charge in [-0.3, -0.25) is 4.98 Å². The van der Waals surface area contributed by atoms with E-state index in [1.165, 1.54) is 0 Å². The first-order valence-electron chi connectivity index (χ1n) is 7.00. The number of ether oxygens (including phenoxy) is 1. The highest BCUT2D eigenvalue weighted by Crippen LogP contribution is 2.30. The molecule has 0 saturated heterocycles. The van der Waals surface area contributed by atoms with Crippen LogP contribution in [0.15, 0.2) is 77.4 Å². The van der Waals surface area contributed by atoms with Crippen molar-refractivity contribution in [2.45, 2.75) is 0 Å². The number of fused-ring (bicyclic) bond motifs is 3. The second kappa shape index (κ2) is 5.43. The largest absolute Gasteiger partial charge is 0.457 e. The van der Waals surface area contributed by atoms with Gasteiger partial charge in [0.25, 0.3) is 0 Å². The fourth-order valence-electron chi connectivity index (χ4n) is 2.57. The molecule has 0 unspecified atom stereocenters. The van der Waals surface area contributed by atoms with Crippen LogP contribution in [0.3, 0.4) is 0 Å². The highest BCUT2D eigenvalue weighted by atomic mass is 79.9. The van der Waals surface area contributed by atoms with E-state index in [1.807, 2.05) is 48.7 Å². The predicted octanol–water partition coefficient (Wildman–Crippen LogP) is 5.94. The van der Waals surface area contributed by atoms with Crippen LogP contribution >= 0.6 is 15.9 Å². The van der Waals surface area contributed by atoms with Gasteiger partial charge in [0.15, 0.2) is 0 Å². The molecule has 2 nitrogen and oxygen atoms in total. The van der Waals surface area contributed by atoms with Gasteiger partial charge in [-0.05, 0) is 41.8 Å². The molecule has 106 valence electrons. The first kappa shape index (κ1) is 13.3. The molecule has 0 radical (unpaired) electrons. The van der Waals surface area contributed by atoms with Crippen molar-refractivity contribution in [2.75, 3.05) is 0 Å². The number of rotatable bonds is 2. The summed E-state index contributed by atoms with van der Waals surface area (Å²) in [6.07, 6.45) is 1.82. The Morgan fingerprint density at radius 2 is 1.59 bits per heavy atom. The zero-order chi connectivity index (χ0) is 14.9. The molecule has 0 atom stereocenters. The van der Waals surface area contributed by atoms with E-state index in [9.17, 15) is 0 Å². The van der Waals surface area contributed by atoms with Crippen LogP contribution in [0.1, 0.15) is 0 Å². The molecule has 0 aliphatic carbocycles. The van der Waals surface area contributed by atoms with Crippen LogP contribution in [0, 0.1) is 0 Å². The van der Waals surface area contributed by atoms with Gasteiger partial charge in [-0.25, -0.2) is 0 Å². The summed E-state index contributed by atoms with van der Waals surface area (Å²) >= 11 is 3.46. The van der Waals surface area contributed by atoms with E-state index in [-0.39, 0.29) is 0 Å². The molecule has 3 aromatic carbocycles. The molecular formula is C19H12BrNO. The number of aromatic nitrogens is 1. The summed E-state index contributed by atoms with van der Waals surface area (Å²) in [5.74, 6) is 1.62. The molecule has 4 aromatic rings. The Morgan fingerprint density at radius 3 is 2.50 bits per heavy atom. The summed E-state index contributed by atoms with van der Waals surface area (Å²) in [6, 6.07) is 22.2. The number of nitrogens with zero attached hydrogens (tertiary/aromatic N) is 1. The van der Waals surface area contributed by atoms with Gasteiger partial charge >= 0.3 is 0 Å². The molecular weight excluding hydrogens is 338 g/mol. The lowest BCUT2D eigenvalue weighted by molar-refractivity contribution is 0.483. The third-order valence-corrected chi connectivity index (χ3v) is 4.09. The lowest BCUT2D eigenvalue weighted by Crippen LogP contribution is -1.86. The van der Waals surface area contributed by atoms with Crippen LogP contribution in [-0.2, 0) is 0 Å². The van der Waals surface area contributed by atoms with Crippen LogP contribution in [0.4, 0.5) is 0 Å². The van der Waals surface area contributed by atoms with Crippen LogP contribution in [0.25, 0.3) is 21.7 Å². The summed E-state index contributed by atoms with van der Waals surface area (Å²) in [7, 11) is 0. The monoisotopic (exact) mass is 349 g/mol.